The fourth-order valence-corrected chi connectivity index (χ4v) is 2.05. The minimum Gasteiger partial charge on any atom is -0.497 e. The van der Waals surface area contributed by atoms with Crippen molar-refractivity contribution < 1.29 is 18.3 Å². The topological polar surface area (TPSA) is 38.3 Å². The standard InChI is InChI=1S/C17H17F2NO2/c1-22-15-6-2-12(3-7-15)10-17(21)20-9-8-13-4-5-14(18)11-16(13)19/h2-7,11H,8-10H2,1H3,(H,20,21). The van der Waals surface area contributed by atoms with Gasteiger partial charge in [0.25, 0.3) is 0 Å². The van der Waals surface area contributed by atoms with Crippen LogP contribution in [0, 0.1) is 11.6 Å². The smallest absolute Gasteiger partial charge is 0.224 e. The molecule has 1 amide bonds. The molecule has 116 valence electrons. The molecule has 2 rings (SSSR count). The highest BCUT2D eigenvalue weighted by atomic mass is 19.1. The summed E-state index contributed by atoms with van der Waals surface area (Å²) in [5.41, 5.74) is 1.25. The quantitative estimate of drug-likeness (QED) is 0.891. The number of amides is 1. The molecule has 0 radical (unpaired) electrons. The van der Waals surface area contributed by atoms with Crippen LogP contribution in [0.4, 0.5) is 8.78 Å². The van der Waals surface area contributed by atoms with Crippen LogP contribution in [0.25, 0.3) is 0 Å². The van der Waals surface area contributed by atoms with Gasteiger partial charge in [-0.25, -0.2) is 8.78 Å². The van der Waals surface area contributed by atoms with E-state index in [-0.39, 0.29) is 12.3 Å². The zero-order chi connectivity index (χ0) is 15.9. The Morgan fingerprint density at radius 1 is 1.14 bits per heavy atom. The van der Waals surface area contributed by atoms with E-state index in [2.05, 4.69) is 5.32 Å². The Morgan fingerprint density at radius 2 is 1.86 bits per heavy atom. The predicted octanol–water partition coefficient (Wildman–Crippen LogP) is 2.87. The maximum Gasteiger partial charge on any atom is 0.224 e. The van der Waals surface area contributed by atoms with Gasteiger partial charge in [0.1, 0.15) is 17.4 Å². The lowest BCUT2D eigenvalue weighted by atomic mass is 10.1. The van der Waals surface area contributed by atoms with E-state index in [1.54, 1.807) is 19.2 Å². The van der Waals surface area contributed by atoms with Crippen LogP contribution in [-0.2, 0) is 17.6 Å². The van der Waals surface area contributed by atoms with Gasteiger partial charge < -0.3 is 10.1 Å². The summed E-state index contributed by atoms with van der Waals surface area (Å²) in [5, 5.41) is 2.72. The van der Waals surface area contributed by atoms with Gasteiger partial charge in [0, 0.05) is 12.6 Å². The number of hydrogen-bond acceptors (Lipinski definition) is 2. The third-order valence-electron chi connectivity index (χ3n) is 3.26. The van der Waals surface area contributed by atoms with Crippen LogP contribution in [0.5, 0.6) is 5.75 Å². The predicted molar refractivity (Wildman–Crippen MR) is 79.8 cm³/mol. The van der Waals surface area contributed by atoms with Crippen LogP contribution in [0.2, 0.25) is 0 Å². The second-order valence-corrected chi connectivity index (χ2v) is 4.86. The molecule has 0 aromatic heterocycles. The highest BCUT2D eigenvalue weighted by molar-refractivity contribution is 5.78. The molecule has 0 heterocycles. The first-order chi connectivity index (χ1) is 10.6. The Morgan fingerprint density at radius 3 is 2.50 bits per heavy atom. The van der Waals surface area contributed by atoms with E-state index in [9.17, 15) is 13.6 Å². The molecule has 2 aromatic rings. The first-order valence-corrected chi connectivity index (χ1v) is 6.92. The second-order valence-electron chi connectivity index (χ2n) is 4.86. The first-order valence-electron chi connectivity index (χ1n) is 6.92. The summed E-state index contributed by atoms with van der Waals surface area (Å²) in [5.74, 6) is -0.613. The summed E-state index contributed by atoms with van der Waals surface area (Å²) in [6, 6.07) is 10.6. The molecule has 0 atom stereocenters. The molecule has 0 fully saturated rings. The number of benzene rings is 2. The van der Waals surface area contributed by atoms with Gasteiger partial charge in [-0.05, 0) is 35.7 Å². The van der Waals surface area contributed by atoms with E-state index < -0.39 is 11.6 Å². The van der Waals surface area contributed by atoms with E-state index in [4.69, 9.17) is 4.74 Å². The molecule has 0 spiro atoms. The van der Waals surface area contributed by atoms with Gasteiger partial charge in [-0.2, -0.15) is 0 Å². The highest BCUT2D eigenvalue weighted by Gasteiger charge is 2.06. The van der Waals surface area contributed by atoms with Gasteiger partial charge in [-0.3, -0.25) is 4.79 Å². The maximum absolute atomic E-state index is 13.4. The van der Waals surface area contributed by atoms with E-state index in [0.717, 1.165) is 17.4 Å². The summed E-state index contributed by atoms with van der Waals surface area (Å²) in [4.78, 5) is 11.8. The van der Waals surface area contributed by atoms with Gasteiger partial charge in [0.15, 0.2) is 0 Å². The molecule has 0 aliphatic carbocycles. The van der Waals surface area contributed by atoms with Crippen LogP contribution >= 0.6 is 0 Å². The van der Waals surface area contributed by atoms with Crippen LogP contribution in [0.3, 0.4) is 0 Å². The third kappa shape index (κ3) is 4.55. The lowest BCUT2D eigenvalue weighted by Gasteiger charge is -2.07. The summed E-state index contributed by atoms with van der Waals surface area (Å²) in [6.07, 6.45) is 0.566. The Bertz CT molecular complexity index is 642. The number of methoxy groups -OCH3 is 1. The van der Waals surface area contributed by atoms with Crippen LogP contribution in [-0.4, -0.2) is 19.6 Å². The second kappa shape index (κ2) is 7.54. The minimum atomic E-state index is -0.607. The third-order valence-corrected chi connectivity index (χ3v) is 3.26. The molecule has 0 aliphatic rings. The number of halogens is 2. The number of carbonyl (C=O) groups excluding carboxylic acids is 1. The van der Waals surface area contributed by atoms with Crippen LogP contribution in [0.1, 0.15) is 11.1 Å². The van der Waals surface area contributed by atoms with Crippen LogP contribution in [0.15, 0.2) is 42.5 Å². The van der Waals surface area contributed by atoms with Crippen molar-refractivity contribution in [3.05, 3.63) is 65.2 Å². The van der Waals surface area contributed by atoms with Crippen molar-refractivity contribution >= 4 is 5.91 Å². The Hall–Kier alpha value is -2.43. The van der Waals surface area contributed by atoms with Gasteiger partial charge in [0.05, 0.1) is 13.5 Å². The number of ether oxygens (including phenoxy) is 1. The van der Waals surface area contributed by atoms with Crippen molar-refractivity contribution in [3.8, 4) is 5.75 Å². The normalized spacial score (nSPS) is 10.3. The summed E-state index contributed by atoms with van der Waals surface area (Å²) in [7, 11) is 1.58. The molecule has 3 nitrogen and oxygen atoms in total. The number of nitrogens with one attached hydrogen (secondary N) is 1. The molecule has 1 N–H and O–H groups in total. The van der Waals surface area contributed by atoms with Crippen molar-refractivity contribution in [2.24, 2.45) is 0 Å². The van der Waals surface area contributed by atoms with Crippen molar-refractivity contribution in [2.75, 3.05) is 13.7 Å². The molecule has 0 saturated heterocycles. The Labute approximate surface area is 127 Å². The molecule has 0 aliphatic heterocycles. The monoisotopic (exact) mass is 305 g/mol. The van der Waals surface area contributed by atoms with Crippen molar-refractivity contribution in [1.29, 1.82) is 0 Å². The molecule has 0 saturated carbocycles. The molecule has 5 heteroatoms. The van der Waals surface area contributed by atoms with Gasteiger partial charge in [0.2, 0.25) is 5.91 Å². The molecule has 22 heavy (non-hydrogen) atoms. The molecular weight excluding hydrogens is 288 g/mol. The number of carbonyl (C=O) groups is 1. The van der Waals surface area contributed by atoms with E-state index in [1.807, 2.05) is 12.1 Å². The minimum absolute atomic E-state index is 0.146. The molecule has 0 bridgehead atoms. The van der Waals surface area contributed by atoms with Gasteiger partial charge in [-0.1, -0.05) is 18.2 Å². The Balaban J connectivity index is 1.79. The SMILES string of the molecule is COc1ccc(CC(=O)NCCc2ccc(F)cc2F)cc1. The largest absolute Gasteiger partial charge is 0.497 e. The fraction of sp³-hybridized carbons (Fsp3) is 0.235. The van der Waals surface area contributed by atoms with E-state index in [0.29, 0.717) is 18.5 Å². The van der Waals surface area contributed by atoms with E-state index >= 15 is 0 Å². The summed E-state index contributed by atoms with van der Waals surface area (Å²) >= 11 is 0. The average molecular weight is 305 g/mol. The van der Waals surface area contributed by atoms with Crippen molar-refractivity contribution in [2.45, 2.75) is 12.8 Å². The first kappa shape index (κ1) is 15.9. The summed E-state index contributed by atoms with van der Waals surface area (Å²) in [6.45, 7) is 0.303. The van der Waals surface area contributed by atoms with Crippen molar-refractivity contribution in [3.63, 3.8) is 0 Å². The lowest BCUT2D eigenvalue weighted by Crippen LogP contribution is -2.27. The number of hydrogen-bond donors (Lipinski definition) is 1. The maximum atomic E-state index is 13.4. The van der Waals surface area contributed by atoms with Crippen molar-refractivity contribution in [1.82, 2.24) is 5.32 Å². The van der Waals surface area contributed by atoms with Crippen LogP contribution < -0.4 is 10.1 Å². The lowest BCUT2D eigenvalue weighted by molar-refractivity contribution is -0.120. The highest BCUT2D eigenvalue weighted by Crippen LogP contribution is 2.12. The zero-order valence-electron chi connectivity index (χ0n) is 12.2. The summed E-state index contributed by atoms with van der Waals surface area (Å²) < 4.78 is 31.2. The molecule has 2 aromatic carbocycles. The molecular formula is C17H17F2NO2. The van der Waals surface area contributed by atoms with Gasteiger partial charge in [-0.15, -0.1) is 0 Å². The average Bonchev–Trinajstić information content (AvgIpc) is 2.50. The fourth-order valence-electron chi connectivity index (χ4n) is 2.05. The molecule has 0 unspecified atom stereocenters. The zero-order valence-corrected chi connectivity index (χ0v) is 12.2. The van der Waals surface area contributed by atoms with E-state index in [1.165, 1.54) is 12.1 Å². The number of rotatable bonds is 6. The Kier molecular flexibility index (Phi) is 5.47. The van der Waals surface area contributed by atoms with Gasteiger partial charge >= 0.3 is 0 Å².